The number of aliphatic hydroxyl groups excluding tert-OH is 1. The highest BCUT2D eigenvalue weighted by Gasteiger charge is 2.16. The first-order chi connectivity index (χ1) is 8.33. The van der Waals surface area contributed by atoms with E-state index in [0.29, 0.717) is 0 Å². The van der Waals surface area contributed by atoms with Gasteiger partial charge in [0, 0.05) is 12.4 Å². The molecule has 1 N–H and O–H groups in total. The van der Waals surface area contributed by atoms with E-state index >= 15 is 0 Å². The van der Waals surface area contributed by atoms with E-state index in [-0.39, 0.29) is 6.10 Å². The number of aryl methyl sites for hydroxylation is 1. The topological polar surface area (TPSA) is 33.1 Å². The number of nitrogens with zero attached hydrogens (tertiary/aromatic N) is 1. The van der Waals surface area contributed by atoms with Crippen LogP contribution in [0.5, 0.6) is 0 Å². The van der Waals surface area contributed by atoms with Crippen molar-refractivity contribution in [3.8, 4) is 11.1 Å². The molecule has 0 aliphatic heterocycles. The molecule has 1 aliphatic rings. The summed E-state index contributed by atoms with van der Waals surface area (Å²) >= 11 is 0. The maximum Gasteiger partial charge on any atom is 0.0583 e. The minimum absolute atomic E-state index is 0.160. The number of fused-ring (bicyclic) bond motifs is 1. The summed E-state index contributed by atoms with van der Waals surface area (Å²) in [5, 5.41) is 9.63. The Morgan fingerprint density at radius 2 is 2.06 bits per heavy atom. The molecule has 1 atom stereocenters. The molecule has 2 aromatic rings. The highest BCUT2D eigenvalue weighted by atomic mass is 16.3. The van der Waals surface area contributed by atoms with Crippen LogP contribution < -0.4 is 0 Å². The summed E-state index contributed by atoms with van der Waals surface area (Å²) in [6.45, 7) is 0. The third-order valence-electron chi connectivity index (χ3n) is 3.40. The number of hydrogen-bond donors (Lipinski definition) is 1. The maximum atomic E-state index is 9.63. The molecule has 1 heterocycles. The number of benzene rings is 1. The Hall–Kier alpha value is -1.67. The zero-order valence-electron chi connectivity index (χ0n) is 9.63. The molecular weight excluding hydrogens is 210 g/mol. The zero-order valence-corrected chi connectivity index (χ0v) is 9.63. The van der Waals surface area contributed by atoms with Gasteiger partial charge in [-0.2, -0.15) is 0 Å². The van der Waals surface area contributed by atoms with Crippen LogP contribution in [0.15, 0.2) is 42.7 Å². The molecule has 1 aliphatic carbocycles. The third-order valence-corrected chi connectivity index (χ3v) is 3.40. The fraction of sp³-hybridized carbons (Fsp3) is 0.267. The van der Waals surface area contributed by atoms with Crippen molar-refractivity contribution >= 4 is 0 Å². The molecule has 0 fully saturated rings. The number of rotatable bonds is 1. The number of aromatic nitrogens is 1. The van der Waals surface area contributed by atoms with Gasteiger partial charge in [0.2, 0.25) is 0 Å². The fourth-order valence-electron chi connectivity index (χ4n) is 2.45. The van der Waals surface area contributed by atoms with Crippen LogP contribution in [0.1, 0.15) is 17.5 Å². The van der Waals surface area contributed by atoms with E-state index in [0.717, 1.165) is 24.8 Å². The molecule has 17 heavy (non-hydrogen) atoms. The first-order valence-corrected chi connectivity index (χ1v) is 6.03. The van der Waals surface area contributed by atoms with Gasteiger partial charge in [0.25, 0.3) is 0 Å². The Kier molecular flexibility index (Phi) is 2.65. The average Bonchev–Trinajstić information content (AvgIpc) is 2.39. The van der Waals surface area contributed by atoms with Crippen LogP contribution in [0.4, 0.5) is 0 Å². The van der Waals surface area contributed by atoms with Gasteiger partial charge in [-0.1, -0.05) is 24.3 Å². The van der Waals surface area contributed by atoms with Gasteiger partial charge in [0.1, 0.15) is 0 Å². The summed E-state index contributed by atoms with van der Waals surface area (Å²) in [4.78, 5) is 4.15. The molecule has 0 saturated carbocycles. The van der Waals surface area contributed by atoms with Gasteiger partial charge >= 0.3 is 0 Å². The van der Waals surface area contributed by atoms with Gasteiger partial charge in [0.15, 0.2) is 0 Å². The van der Waals surface area contributed by atoms with Crippen molar-refractivity contribution in [2.24, 2.45) is 0 Å². The lowest BCUT2D eigenvalue weighted by Crippen LogP contribution is -2.18. The van der Waals surface area contributed by atoms with E-state index in [2.05, 4.69) is 29.2 Å². The van der Waals surface area contributed by atoms with Crippen molar-refractivity contribution in [3.63, 3.8) is 0 Å². The van der Waals surface area contributed by atoms with Gasteiger partial charge in [0.05, 0.1) is 6.10 Å². The molecule has 0 unspecified atom stereocenters. The summed E-state index contributed by atoms with van der Waals surface area (Å²) in [5.74, 6) is 0. The number of aliphatic hydroxyl groups is 1. The average molecular weight is 225 g/mol. The minimum Gasteiger partial charge on any atom is -0.393 e. The van der Waals surface area contributed by atoms with Gasteiger partial charge in [-0.25, -0.2) is 0 Å². The Morgan fingerprint density at radius 1 is 1.12 bits per heavy atom. The number of hydrogen-bond acceptors (Lipinski definition) is 2. The molecule has 0 bridgehead atoms. The second-order valence-electron chi connectivity index (χ2n) is 4.62. The van der Waals surface area contributed by atoms with E-state index in [1.54, 1.807) is 6.20 Å². The van der Waals surface area contributed by atoms with E-state index in [4.69, 9.17) is 0 Å². The molecule has 86 valence electrons. The van der Waals surface area contributed by atoms with Crippen molar-refractivity contribution in [2.75, 3.05) is 0 Å². The Morgan fingerprint density at radius 3 is 2.88 bits per heavy atom. The van der Waals surface area contributed by atoms with Crippen LogP contribution in [0.2, 0.25) is 0 Å². The van der Waals surface area contributed by atoms with Gasteiger partial charge in [-0.05, 0) is 47.6 Å². The summed E-state index contributed by atoms with van der Waals surface area (Å²) < 4.78 is 0. The molecule has 1 aromatic carbocycles. The van der Waals surface area contributed by atoms with E-state index < -0.39 is 0 Å². The lowest BCUT2D eigenvalue weighted by atomic mass is 9.88. The Bertz CT molecular complexity index is 522. The quantitative estimate of drug-likeness (QED) is 0.809. The van der Waals surface area contributed by atoms with Crippen molar-refractivity contribution in [3.05, 3.63) is 53.9 Å². The molecular formula is C15H15NO. The van der Waals surface area contributed by atoms with Crippen molar-refractivity contribution in [2.45, 2.75) is 25.4 Å². The summed E-state index contributed by atoms with van der Waals surface area (Å²) in [7, 11) is 0. The molecule has 0 radical (unpaired) electrons. The molecule has 0 amide bonds. The van der Waals surface area contributed by atoms with Gasteiger partial charge in [-0.3, -0.25) is 4.98 Å². The largest absolute Gasteiger partial charge is 0.393 e. The summed E-state index contributed by atoms with van der Waals surface area (Å²) in [6.07, 6.45) is 6.17. The standard InChI is InChI=1S/C15H15NO/c17-15-6-5-11-8-12(3-4-13(11)9-15)14-2-1-7-16-10-14/h1-4,7-8,10,15,17H,5-6,9H2/t15-/m1/s1. The van der Waals surface area contributed by atoms with Crippen LogP contribution in [0.25, 0.3) is 11.1 Å². The van der Waals surface area contributed by atoms with Gasteiger partial charge in [-0.15, -0.1) is 0 Å². The van der Waals surface area contributed by atoms with E-state index in [9.17, 15) is 5.11 Å². The third kappa shape index (κ3) is 2.08. The normalized spacial score (nSPS) is 18.8. The Balaban J connectivity index is 1.99. The fourth-order valence-corrected chi connectivity index (χ4v) is 2.45. The lowest BCUT2D eigenvalue weighted by molar-refractivity contribution is 0.158. The zero-order chi connectivity index (χ0) is 11.7. The molecule has 2 nitrogen and oxygen atoms in total. The molecule has 1 aromatic heterocycles. The van der Waals surface area contributed by atoms with Crippen LogP contribution in [0.3, 0.4) is 0 Å². The smallest absolute Gasteiger partial charge is 0.0583 e. The molecule has 2 heteroatoms. The van der Waals surface area contributed by atoms with Crippen molar-refractivity contribution in [1.29, 1.82) is 0 Å². The SMILES string of the molecule is O[C@@H]1CCc2cc(-c3cccnc3)ccc2C1. The molecule has 3 rings (SSSR count). The molecule has 0 saturated heterocycles. The first-order valence-electron chi connectivity index (χ1n) is 6.03. The minimum atomic E-state index is -0.160. The van der Waals surface area contributed by atoms with Crippen LogP contribution in [-0.2, 0) is 12.8 Å². The highest BCUT2D eigenvalue weighted by molar-refractivity contribution is 5.64. The predicted octanol–water partition coefficient (Wildman–Crippen LogP) is 2.60. The van der Waals surface area contributed by atoms with Crippen LogP contribution in [-0.4, -0.2) is 16.2 Å². The Labute approximate surface area is 101 Å². The van der Waals surface area contributed by atoms with E-state index in [1.807, 2.05) is 12.3 Å². The highest BCUT2D eigenvalue weighted by Crippen LogP contribution is 2.27. The van der Waals surface area contributed by atoms with Crippen LogP contribution >= 0.6 is 0 Å². The summed E-state index contributed by atoms with van der Waals surface area (Å²) in [6, 6.07) is 10.5. The first kappa shape index (κ1) is 10.5. The second-order valence-corrected chi connectivity index (χ2v) is 4.62. The van der Waals surface area contributed by atoms with Crippen LogP contribution in [0, 0.1) is 0 Å². The van der Waals surface area contributed by atoms with E-state index in [1.165, 1.54) is 16.7 Å². The lowest BCUT2D eigenvalue weighted by Gasteiger charge is -2.21. The predicted molar refractivity (Wildman–Crippen MR) is 67.7 cm³/mol. The summed E-state index contributed by atoms with van der Waals surface area (Å²) in [5.41, 5.74) is 5.03. The number of pyridine rings is 1. The monoisotopic (exact) mass is 225 g/mol. The van der Waals surface area contributed by atoms with Crippen molar-refractivity contribution < 1.29 is 5.11 Å². The van der Waals surface area contributed by atoms with Gasteiger partial charge < -0.3 is 5.11 Å². The van der Waals surface area contributed by atoms with Crippen molar-refractivity contribution in [1.82, 2.24) is 4.98 Å². The second kappa shape index (κ2) is 4.30. The molecule has 0 spiro atoms. The maximum absolute atomic E-state index is 9.63.